The van der Waals surface area contributed by atoms with Crippen LogP contribution < -0.4 is 15.2 Å². The van der Waals surface area contributed by atoms with Crippen molar-refractivity contribution in [3.8, 4) is 22.6 Å². The van der Waals surface area contributed by atoms with Crippen molar-refractivity contribution in [3.05, 3.63) is 30.1 Å². The molecule has 1 aromatic heterocycles. The fraction of sp³-hybridized carbons (Fsp3) is 0.250. The highest BCUT2D eigenvalue weighted by Gasteiger charge is 2.16. The Balaban J connectivity index is 2.09. The largest absolute Gasteiger partial charge is 0.454 e. The zero-order chi connectivity index (χ0) is 11.8. The van der Waals surface area contributed by atoms with E-state index in [1.54, 1.807) is 4.68 Å². The van der Waals surface area contributed by atoms with Crippen molar-refractivity contribution in [2.75, 3.05) is 6.79 Å². The molecule has 0 fully saturated rings. The Morgan fingerprint density at radius 2 is 2.18 bits per heavy atom. The summed E-state index contributed by atoms with van der Waals surface area (Å²) in [7, 11) is 1.89. The average Bonchev–Trinajstić information content (AvgIpc) is 2.93. The Kier molecular flexibility index (Phi) is 2.26. The van der Waals surface area contributed by atoms with Crippen LogP contribution in [0.3, 0.4) is 0 Å². The van der Waals surface area contributed by atoms with E-state index in [1.165, 1.54) is 0 Å². The number of hydrogen-bond donors (Lipinski definition) is 1. The quantitative estimate of drug-likeness (QED) is 0.845. The van der Waals surface area contributed by atoms with E-state index >= 15 is 0 Å². The predicted molar refractivity (Wildman–Crippen MR) is 62.7 cm³/mol. The minimum absolute atomic E-state index is 0.287. The summed E-state index contributed by atoms with van der Waals surface area (Å²) in [6.07, 6.45) is 1.82. The number of hydrogen-bond acceptors (Lipinski definition) is 4. The number of ether oxygens (including phenoxy) is 2. The van der Waals surface area contributed by atoms with Gasteiger partial charge in [-0.15, -0.1) is 0 Å². The fourth-order valence-electron chi connectivity index (χ4n) is 2.01. The molecule has 0 spiro atoms. The van der Waals surface area contributed by atoms with Crippen LogP contribution in [-0.4, -0.2) is 16.6 Å². The summed E-state index contributed by atoms with van der Waals surface area (Å²) in [6.45, 7) is 0.746. The Morgan fingerprint density at radius 1 is 1.35 bits per heavy atom. The molecule has 0 saturated carbocycles. The summed E-state index contributed by atoms with van der Waals surface area (Å²) in [5, 5.41) is 4.22. The van der Waals surface area contributed by atoms with Crippen molar-refractivity contribution >= 4 is 0 Å². The van der Waals surface area contributed by atoms with Crippen LogP contribution in [-0.2, 0) is 13.6 Å². The summed E-state index contributed by atoms with van der Waals surface area (Å²) in [6, 6.07) is 5.85. The van der Waals surface area contributed by atoms with Crippen molar-refractivity contribution in [2.45, 2.75) is 6.54 Å². The lowest BCUT2D eigenvalue weighted by molar-refractivity contribution is 0.174. The molecule has 2 heterocycles. The van der Waals surface area contributed by atoms with Gasteiger partial charge in [-0.3, -0.25) is 4.68 Å². The number of rotatable bonds is 2. The third-order valence-electron chi connectivity index (χ3n) is 2.94. The van der Waals surface area contributed by atoms with Crippen LogP contribution in [0.5, 0.6) is 11.5 Å². The maximum atomic E-state index is 5.73. The van der Waals surface area contributed by atoms with Crippen LogP contribution in [0.4, 0.5) is 0 Å². The highest BCUT2D eigenvalue weighted by atomic mass is 16.7. The van der Waals surface area contributed by atoms with E-state index in [2.05, 4.69) is 5.10 Å². The minimum Gasteiger partial charge on any atom is -0.454 e. The van der Waals surface area contributed by atoms with Crippen molar-refractivity contribution in [1.82, 2.24) is 9.78 Å². The van der Waals surface area contributed by atoms with E-state index in [0.717, 1.165) is 28.3 Å². The molecule has 0 bridgehead atoms. The fourth-order valence-corrected chi connectivity index (χ4v) is 2.01. The molecule has 17 heavy (non-hydrogen) atoms. The highest BCUT2D eigenvalue weighted by molar-refractivity contribution is 5.69. The molecule has 0 saturated heterocycles. The summed E-state index contributed by atoms with van der Waals surface area (Å²) in [5.74, 6) is 1.56. The first-order valence-electron chi connectivity index (χ1n) is 5.40. The Labute approximate surface area is 98.8 Å². The van der Waals surface area contributed by atoms with Crippen molar-refractivity contribution < 1.29 is 9.47 Å². The zero-order valence-corrected chi connectivity index (χ0v) is 9.51. The van der Waals surface area contributed by atoms with E-state index < -0.39 is 0 Å². The number of aromatic nitrogens is 2. The number of aryl methyl sites for hydroxylation is 1. The van der Waals surface area contributed by atoms with E-state index in [-0.39, 0.29) is 6.79 Å². The molecule has 0 amide bonds. The average molecular weight is 231 g/mol. The maximum Gasteiger partial charge on any atom is 0.231 e. The number of benzene rings is 1. The van der Waals surface area contributed by atoms with Crippen LogP contribution in [0.25, 0.3) is 11.1 Å². The van der Waals surface area contributed by atoms with E-state index in [4.69, 9.17) is 15.2 Å². The van der Waals surface area contributed by atoms with Gasteiger partial charge in [0.1, 0.15) is 0 Å². The molecule has 1 aromatic carbocycles. The van der Waals surface area contributed by atoms with Gasteiger partial charge in [0, 0.05) is 19.2 Å². The summed E-state index contributed by atoms with van der Waals surface area (Å²) >= 11 is 0. The SMILES string of the molecule is Cn1ncc(-c2ccc3c(c2)OCO3)c1CN. The topological polar surface area (TPSA) is 62.3 Å². The standard InChI is InChI=1S/C12H13N3O2/c1-15-10(5-13)9(6-14-15)8-2-3-11-12(4-8)17-7-16-11/h2-4,6H,5,7,13H2,1H3. The lowest BCUT2D eigenvalue weighted by atomic mass is 10.1. The van der Waals surface area contributed by atoms with Gasteiger partial charge in [0.2, 0.25) is 6.79 Å². The van der Waals surface area contributed by atoms with Gasteiger partial charge in [0.25, 0.3) is 0 Å². The van der Waals surface area contributed by atoms with Crippen LogP contribution in [0.2, 0.25) is 0 Å². The molecule has 88 valence electrons. The first-order valence-corrected chi connectivity index (χ1v) is 5.40. The monoisotopic (exact) mass is 231 g/mol. The smallest absolute Gasteiger partial charge is 0.231 e. The molecule has 0 atom stereocenters. The van der Waals surface area contributed by atoms with Gasteiger partial charge in [0.15, 0.2) is 11.5 Å². The maximum absolute atomic E-state index is 5.73. The Hall–Kier alpha value is -2.01. The van der Waals surface area contributed by atoms with Gasteiger partial charge in [-0.1, -0.05) is 6.07 Å². The summed E-state index contributed by atoms with van der Waals surface area (Å²) in [5.41, 5.74) is 8.81. The second-order valence-corrected chi connectivity index (χ2v) is 3.90. The molecule has 0 radical (unpaired) electrons. The van der Waals surface area contributed by atoms with Crippen LogP contribution in [0.1, 0.15) is 5.69 Å². The summed E-state index contributed by atoms with van der Waals surface area (Å²) in [4.78, 5) is 0. The lowest BCUT2D eigenvalue weighted by Crippen LogP contribution is -2.05. The molecule has 0 unspecified atom stereocenters. The first-order chi connectivity index (χ1) is 8.29. The molecular formula is C12H13N3O2. The molecule has 5 nitrogen and oxygen atoms in total. The highest BCUT2D eigenvalue weighted by Crippen LogP contribution is 2.36. The van der Waals surface area contributed by atoms with Gasteiger partial charge in [-0.05, 0) is 17.7 Å². The van der Waals surface area contributed by atoms with Crippen molar-refractivity contribution in [1.29, 1.82) is 0 Å². The number of nitrogens with two attached hydrogens (primary N) is 1. The molecule has 2 N–H and O–H groups in total. The molecule has 1 aliphatic rings. The van der Waals surface area contributed by atoms with Crippen LogP contribution >= 0.6 is 0 Å². The van der Waals surface area contributed by atoms with E-state index in [9.17, 15) is 0 Å². The van der Waals surface area contributed by atoms with Crippen molar-refractivity contribution in [3.63, 3.8) is 0 Å². The van der Waals surface area contributed by atoms with Gasteiger partial charge >= 0.3 is 0 Å². The molecular weight excluding hydrogens is 218 g/mol. The van der Waals surface area contributed by atoms with Gasteiger partial charge in [-0.25, -0.2) is 0 Å². The summed E-state index contributed by atoms with van der Waals surface area (Å²) < 4.78 is 12.4. The second-order valence-electron chi connectivity index (χ2n) is 3.90. The normalized spacial score (nSPS) is 13.1. The molecule has 3 rings (SSSR count). The molecule has 2 aromatic rings. The van der Waals surface area contributed by atoms with Gasteiger partial charge in [-0.2, -0.15) is 5.10 Å². The van der Waals surface area contributed by atoms with Gasteiger partial charge < -0.3 is 15.2 Å². The molecule has 5 heteroatoms. The van der Waals surface area contributed by atoms with Crippen molar-refractivity contribution in [2.24, 2.45) is 12.8 Å². The third-order valence-corrected chi connectivity index (χ3v) is 2.94. The second kappa shape index (κ2) is 3.78. The van der Waals surface area contributed by atoms with E-state index in [1.807, 2.05) is 31.4 Å². The molecule has 0 aliphatic carbocycles. The Bertz CT molecular complexity index is 563. The lowest BCUT2D eigenvalue weighted by Gasteiger charge is -2.04. The zero-order valence-electron chi connectivity index (χ0n) is 9.51. The molecule has 1 aliphatic heterocycles. The number of nitrogens with zero attached hydrogens (tertiary/aromatic N) is 2. The van der Waals surface area contributed by atoms with Crippen LogP contribution in [0, 0.1) is 0 Å². The third kappa shape index (κ3) is 1.55. The number of fused-ring (bicyclic) bond motifs is 1. The predicted octanol–water partition coefficient (Wildman–Crippen LogP) is 1.27. The van der Waals surface area contributed by atoms with Gasteiger partial charge in [0.05, 0.1) is 11.9 Å². The minimum atomic E-state index is 0.287. The van der Waals surface area contributed by atoms with E-state index in [0.29, 0.717) is 6.54 Å². The first kappa shape index (κ1) is 10.2. The van der Waals surface area contributed by atoms with Crippen LogP contribution in [0.15, 0.2) is 24.4 Å². The Morgan fingerprint density at radius 3 is 3.00 bits per heavy atom.